The number of aryl methyl sites for hydroxylation is 1. The van der Waals surface area contributed by atoms with Crippen LogP contribution in [0.4, 0.5) is 4.39 Å². The lowest BCUT2D eigenvalue weighted by atomic mass is 10.1. The Kier molecular flexibility index (Phi) is 8.60. The molecule has 0 aromatic heterocycles. The lowest BCUT2D eigenvalue weighted by molar-refractivity contribution is -0.300. The molecule has 0 spiro atoms. The van der Waals surface area contributed by atoms with Gasteiger partial charge in [-0.15, -0.1) is 0 Å². The molecular weight excluding hydrogens is 317 g/mol. The van der Waals surface area contributed by atoms with E-state index in [4.69, 9.17) is 9.78 Å². The van der Waals surface area contributed by atoms with E-state index in [0.29, 0.717) is 19.3 Å². The largest absolute Gasteiger partial charge is 0.314 e. The molecule has 0 heterocycles. The molecule has 2 aromatic carbocycles. The summed E-state index contributed by atoms with van der Waals surface area (Å²) in [7, 11) is 0. The van der Waals surface area contributed by atoms with Gasteiger partial charge in [-0.05, 0) is 68.5 Å². The summed E-state index contributed by atoms with van der Waals surface area (Å²) in [5.41, 5.74) is 3.60. The van der Waals surface area contributed by atoms with Gasteiger partial charge in [-0.3, -0.25) is 0 Å². The van der Waals surface area contributed by atoms with Crippen molar-refractivity contribution in [2.45, 2.75) is 45.8 Å². The molecule has 2 aromatic rings. The number of rotatable bonds is 11. The third kappa shape index (κ3) is 7.78. The predicted molar refractivity (Wildman–Crippen MR) is 101 cm³/mol. The van der Waals surface area contributed by atoms with Crippen molar-refractivity contribution >= 4 is 0 Å². The molecule has 1 atom stereocenters. The Labute approximate surface area is 151 Å². The molecule has 0 aliphatic carbocycles. The zero-order valence-corrected chi connectivity index (χ0v) is 15.1. The van der Waals surface area contributed by atoms with Crippen LogP contribution in [0.2, 0.25) is 0 Å². The lowest BCUT2D eigenvalue weighted by Crippen LogP contribution is -2.29. The SMILES string of the molecule is CCOOCc1ccc(CCCNC(C)Cc2ccc(F)cc2)cc1.[HH]. The molecule has 0 saturated heterocycles. The van der Waals surface area contributed by atoms with Gasteiger partial charge in [0, 0.05) is 7.47 Å². The fraction of sp³-hybridized carbons (Fsp3) is 0.429. The predicted octanol–water partition coefficient (Wildman–Crippen LogP) is 4.69. The van der Waals surface area contributed by atoms with Crippen molar-refractivity contribution in [2.24, 2.45) is 0 Å². The molecule has 0 fully saturated rings. The first-order valence-corrected chi connectivity index (χ1v) is 8.97. The highest BCUT2D eigenvalue weighted by atomic mass is 19.1. The molecule has 0 radical (unpaired) electrons. The first-order chi connectivity index (χ1) is 12.2. The zero-order valence-electron chi connectivity index (χ0n) is 15.1. The average Bonchev–Trinajstić information content (AvgIpc) is 2.62. The van der Waals surface area contributed by atoms with E-state index in [-0.39, 0.29) is 7.24 Å². The van der Waals surface area contributed by atoms with Crippen molar-refractivity contribution in [1.82, 2.24) is 5.32 Å². The second-order valence-electron chi connectivity index (χ2n) is 6.27. The van der Waals surface area contributed by atoms with E-state index in [1.807, 2.05) is 19.1 Å². The van der Waals surface area contributed by atoms with Gasteiger partial charge >= 0.3 is 0 Å². The van der Waals surface area contributed by atoms with E-state index < -0.39 is 0 Å². The van der Waals surface area contributed by atoms with Crippen LogP contribution >= 0.6 is 0 Å². The van der Waals surface area contributed by atoms with Crippen LogP contribution in [0.15, 0.2) is 48.5 Å². The number of benzene rings is 2. The highest BCUT2D eigenvalue weighted by molar-refractivity contribution is 5.22. The van der Waals surface area contributed by atoms with Crippen LogP contribution in [0.25, 0.3) is 0 Å². The van der Waals surface area contributed by atoms with Gasteiger partial charge in [0.05, 0.1) is 6.61 Å². The van der Waals surface area contributed by atoms with Gasteiger partial charge in [0.15, 0.2) is 0 Å². The highest BCUT2D eigenvalue weighted by Gasteiger charge is 2.03. The van der Waals surface area contributed by atoms with Crippen molar-refractivity contribution in [3.05, 3.63) is 71.0 Å². The van der Waals surface area contributed by atoms with Crippen LogP contribution in [0.5, 0.6) is 0 Å². The number of halogens is 1. The summed E-state index contributed by atoms with van der Waals surface area (Å²) in [6, 6.07) is 15.6. The summed E-state index contributed by atoms with van der Waals surface area (Å²) >= 11 is 0. The molecule has 0 saturated carbocycles. The summed E-state index contributed by atoms with van der Waals surface area (Å²) in [5, 5.41) is 3.53. The standard InChI is InChI=1S/C21H28FNO2.H2/c1-3-24-25-16-20-8-6-18(7-9-20)5-4-14-23-17(2)15-19-10-12-21(22)13-11-19;/h6-13,17,23H,3-5,14-16H2,1-2H3;1H. The van der Waals surface area contributed by atoms with Crippen molar-refractivity contribution in [3.63, 3.8) is 0 Å². The van der Waals surface area contributed by atoms with Crippen molar-refractivity contribution in [1.29, 1.82) is 0 Å². The van der Waals surface area contributed by atoms with E-state index in [0.717, 1.165) is 36.9 Å². The molecule has 138 valence electrons. The summed E-state index contributed by atoms with van der Waals surface area (Å²) in [6.07, 6.45) is 3.04. The fourth-order valence-corrected chi connectivity index (χ4v) is 2.68. The van der Waals surface area contributed by atoms with Gasteiger partial charge in [0.25, 0.3) is 0 Å². The number of hydrogen-bond acceptors (Lipinski definition) is 3. The fourth-order valence-electron chi connectivity index (χ4n) is 2.68. The van der Waals surface area contributed by atoms with Gasteiger partial charge in [0.1, 0.15) is 12.4 Å². The Morgan fingerprint density at radius 1 is 0.960 bits per heavy atom. The monoisotopic (exact) mass is 347 g/mol. The molecule has 3 nitrogen and oxygen atoms in total. The minimum atomic E-state index is -0.181. The van der Waals surface area contributed by atoms with E-state index in [1.54, 1.807) is 0 Å². The quantitative estimate of drug-likeness (QED) is 0.363. The van der Waals surface area contributed by atoms with Crippen LogP contribution in [-0.4, -0.2) is 19.2 Å². The van der Waals surface area contributed by atoms with Crippen LogP contribution in [0, 0.1) is 5.82 Å². The topological polar surface area (TPSA) is 30.5 Å². The molecule has 25 heavy (non-hydrogen) atoms. The summed E-state index contributed by atoms with van der Waals surface area (Å²) in [6.45, 7) is 6.08. The third-order valence-electron chi connectivity index (χ3n) is 4.04. The van der Waals surface area contributed by atoms with E-state index in [2.05, 4.69) is 36.5 Å². The maximum Gasteiger partial charge on any atom is 0.123 e. The van der Waals surface area contributed by atoms with E-state index in [1.165, 1.54) is 17.7 Å². The number of hydrogen-bond donors (Lipinski definition) is 1. The molecule has 0 amide bonds. The molecule has 0 aliphatic heterocycles. The second kappa shape index (κ2) is 11.0. The van der Waals surface area contributed by atoms with Crippen molar-refractivity contribution in [2.75, 3.05) is 13.2 Å². The molecule has 1 N–H and O–H groups in total. The first-order valence-electron chi connectivity index (χ1n) is 8.97. The molecular formula is C21H30FNO2. The van der Waals surface area contributed by atoms with Crippen LogP contribution in [0.3, 0.4) is 0 Å². The van der Waals surface area contributed by atoms with Gasteiger partial charge in [-0.25, -0.2) is 14.2 Å². The molecule has 0 aliphatic rings. The Balaban J connectivity index is 0.00000338. The van der Waals surface area contributed by atoms with E-state index in [9.17, 15) is 4.39 Å². The summed E-state index contributed by atoms with van der Waals surface area (Å²) in [4.78, 5) is 9.95. The number of nitrogens with one attached hydrogen (secondary N) is 1. The minimum Gasteiger partial charge on any atom is -0.314 e. The van der Waals surface area contributed by atoms with Crippen LogP contribution in [-0.2, 0) is 29.2 Å². The van der Waals surface area contributed by atoms with Gasteiger partial charge < -0.3 is 5.32 Å². The zero-order chi connectivity index (χ0) is 17.9. The third-order valence-corrected chi connectivity index (χ3v) is 4.04. The maximum atomic E-state index is 12.9. The Morgan fingerprint density at radius 2 is 1.60 bits per heavy atom. The molecule has 0 bridgehead atoms. The highest BCUT2D eigenvalue weighted by Crippen LogP contribution is 2.09. The minimum absolute atomic E-state index is 0. The molecule has 1 unspecified atom stereocenters. The molecule has 2 rings (SSSR count). The van der Waals surface area contributed by atoms with Gasteiger partial charge in [0.2, 0.25) is 0 Å². The summed E-state index contributed by atoms with van der Waals surface area (Å²) in [5.74, 6) is -0.181. The van der Waals surface area contributed by atoms with Gasteiger partial charge in [-0.1, -0.05) is 36.4 Å². The van der Waals surface area contributed by atoms with E-state index >= 15 is 0 Å². The Morgan fingerprint density at radius 3 is 2.28 bits per heavy atom. The van der Waals surface area contributed by atoms with Crippen molar-refractivity contribution < 1.29 is 15.6 Å². The van der Waals surface area contributed by atoms with Crippen LogP contribution < -0.4 is 5.32 Å². The summed E-state index contributed by atoms with van der Waals surface area (Å²) < 4.78 is 12.9. The van der Waals surface area contributed by atoms with Crippen LogP contribution in [0.1, 0.15) is 38.4 Å². The molecule has 4 heteroatoms. The van der Waals surface area contributed by atoms with Gasteiger partial charge in [-0.2, -0.15) is 0 Å². The first kappa shape index (κ1) is 19.6. The van der Waals surface area contributed by atoms with Crippen molar-refractivity contribution in [3.8, 4) is 0 Å². The lowest BCUT2D eigenvalue weighted by Gasteiger charge is -2.14. The Hall–Kier alpha value is -1.75. The average molecular weight is 347 g/mol. The normalized spacial score (nSPS) is 12.3. The smallest absolute Gasteiger partial charge is 0.123 e. The maximum absolute atomic E-state index is 12.9. The Bertz CT molecular complexity index is 604. The second-order valence-corrected chi connectivity index (χ2v) is 6.27.